The van der Waals surface area contributed by atoms with E-state index in [4.69, 9.17) is 30.5 Å². The van der Waals surface area contributed by atoms with Crippen LogP contribution < -0.4 is 29.1 Å². The highest BCUT2D eigenvalue weighted by Crippen LogP contribution is 2.35. The number of halogens is 2. The van der Waals surface area contributed by atoms with Crippen molar-refractivity contribution < 1.29 is 23.7 Å². The predicted octanol–water partition coefficient (Wildman–Crippen LogP) is 6.20. The van der Waals surface area contributed by atoms with Crippen LogP contribution in [0.15, 0.2) is 86.2 Å². The molecule has 5 rings (SSSR count). The van der Waals surface area contributed by atoms with Gasteiger partial charge in [-0.05, 0) is 95.9 Å². The molecule has 0 fully saturated rings. The Bertz CT molecular complexity index is 1920. The average Bonchev–Trinajstić information content (AvgIpc) is 3.30. The van der Waals surface area contributed by atoms with E-state index in [2.05, 4.69) is 20.9 Å². The third kappa shape index (κ3) is 6.62. The van der Waals surface area contributed by atoms with E-state index < -0.39 is 12.0 Å². The third-order valence-electron chi connectivity index (χ3n) is 6.88. The molecule has 0 bridgehead atoms. The van der Waals surface area contributed by atoms with Crippen LogP contribution in [0, 0.1) is 0 Å². The lowest BCUT2D eigenvalue weighted by Crippen LogP contribution is -2.39. The molecular formula is C33H30BrClN2O6S. The number of nitrogens with zero attached hydrogens (tertiary/aromatic N) is 2. The maximum Gasteiger partial charge on any atom is 0.338 e. The van der Waals surface area contributed by atoms with Crippen LogP contribution in [0.25, 0.3) is 6.08 Å². The van der Waals surface area contributed by atoms with Crippen molar-refractivity contribution in [2.24, 2.45) is 4.99 Å². The summed E-state index contributed by atoms with van der Waals surface area (Å²) in [6.45, 7) is 6.38. The molecule has 1 aliphatic rings. The van der Waals surface area contributed by atoms with Crippen LogP contribution in [-0.4, -0.2) is 30.9 Å². The minimum absolute atomic E-state index is 0.195. The summed E-state index contributed by atoms with van der Waals surface area (Å²) >= 11 is 10.8. The van der Waals surface area contributed by atoms with Gasteiger partial charge in [-0.15, -0.1) is 0 Å². The topological polar surface area (TPSA) is 88.4 Å². The molecule has 0 N–H and O–H groups in total. The lowest BCUT2D eigenvalue weighted by atomic mass is 9.96. The van der Waals surface area contributed by atoms with Gasteiger partial charge in [-0.2, -0.15) is 0 Å². The zero-order valence-electron chi connectivity index (χ0n) is 24.6. The molecule has 0 saturated heterocycles. The minimum Gasteiger partial charge on any atom is -0.496 e. The van der Waals surface area contributed by atoms with Gasteiger partial charge in [0.25, 0.3) is 5.56 Å². The van der Waals surface area contributed by atoms with Crippen molar-refractivity contribution >= 4 is 50.9 Å². The zero-order chi connectivity index (χ0) is 31.4. The van der Waals surface area contributed by atoms with Crippen molar-refractivity contribution in [2.45, 2.75) is 33.4 Å². The Balaban J connectivity index is 1.56. The first kappa shape index (κ1) is 31.6. The van der Waals surface area contributed by atoms with Crippen LogP contribution in [0.1, 0.15) is 43.5 Å². The minimum atomic E-state index is -0.739. The number of hydrogen-bond donors (Lipinski definition) is 0. The van der Waals surface area contributed by atoms with E-state index in [9.17, 15) is 9.59 Å². The van der Waals surface area contributed by atoms with Crippen LogP contribution in [0.4, 0.5) is 0 Å². The number of allylic oxidation sites excluding steroid dienone is 1. The monoisotopic (exact) mass is 696 g/mol. The number of fused-ring (bicyclic) bond motifs is 1. The van der Waals surface area contributed by atoms with Gasteiger partial charge in [-0.3, -0.25) is 9.36 Å². The molecule has 2 heterocycles. The van der Waals surface area contributed by atoms with Crippen molar-refractivity contribution in [1.29, 1.82) is 0 Å². The Hall–Kier alpha value is -3.86. The van der Waals surface area contributed by atoms with Crippen molar-refractivity contribution in [3.8, 4) is 17.2 Å². The van der Waals surface area contributed by atoms with E-state index in [1.54, 1.807) is 37.7 Å². The van der Waals surface area contributed by atoms with Gasteiger partial charge in [-0.25, -0.2) is 9.79 Å². The van der Waals surface area contributed by atoms with E-state index >= 15 is 0 Å². The highest BCUT2D eigenvalue weighted by atomic mass is 79.9. The van der Waals surface area contributed by atoms with Gasteiger partial charge in [0.05, 0.1) is 46.6 Å². The van der Waals surface area contributed by atoms with Crippen molar-refractivity contribution in [3.63, 3.8) is 0 Å². The average molecular weight is 698 g/mol. The number of esters is 1. The Morgan fingerprint density at radius 1 is 1.02 bits per heavy atom. The van der Waals surface area contributed by atoms with E-state index in [1.165, 1.54) is 11.3 Å². The summed E-state index contributed by atoms with van der Waals surface area (Å²) in [5, 5.41) is 0.661. The Labute approximate surface area is 272 Å². The fourth-order valence-corrected chi connectivity index (χ4v) is 6.59. The molecule has 3 aromatic carbocycles. The van der Waals surface area contributed by atoms with E-state index in [-0.39, 0.29) is 12.2 Å². The molecule has 228 valence electrons. The van der Waals surface area contributed by atoms with Gasteiger partial charge in [0.2, 0.25) is 0 Å². The van der Waals surface area contributed by atoms with Crippen LogP contribution in [-0.2, 0) is 16.1 Å². The molecule has 11 heteroatoms. The molecule has 1 atom stereocenters. The number of hydrogen-bond acceptors (Lipinski definition) is 8. The summed E-state index contributed by atoms with van der Waals surface area (Å²) in [5.41, 5.74) is 2.96. The molecule has 0 saturated carbocycles. The van der Waals surface area contributed by atoms with Gasteiger partial charge in [-0.1, -0.05) is 47.2 Å². The van der Waals surface area contributed by atoms with Crippen LogP contribution >= 0.6 is 38.9 Å². The number of methoxy groups -OCH3 is 1. The number of ether oxygens (including phenoxy) is 4. The molecular weight excluding hydrogens is 668 g/mol. The first-order valence-electron chi connectivity index (χ1n) is 13.9. The lowest BCUT2D eigenvalue weighted by Gasteiger charge is -2.25. The number of aromatic nitrogens is 1. The lowest BCUT2D eigenvalue weighted by molar-refractivity contribution is -0.139. The van der Waals surface area contributed by atoms with Crippen molar-refractivity contribution in [2.75, 3.05) is 20.3 Å². The number of carbonyl (C=O) groups is 1. The first-order chi connectivity index (χ1) is 21.2. The third-order valence-corrected chi connectivity index (χ3v) is 8.74. The van der Waals surface area contributed by atoms with Crippen LogP contribution in [0.2, 0.25) is 5.02 Å². The molecule has 0 amide bonds. The second-order valence-electron chi connectivity index (χ2n) is 9.75. The van der Waals surface area contributed by atoms with Crippen molar-refractivity contribution in [1.82, 2.24) is 4.57 Å². The smallest absolute Gasteiger partial charge is 0.338 e. The Morgan fingerprint density at radius 3 is 2.45 bits per heavy atom. The molecule has 1 aliphatic heterocycles. The highest BCUT2D eigenvalue weighted by molar-refractivity contribution is 9.10. The summed E-state index contributed by atoms with van der Waals surface area (Å²) in [7, 11) is 1.58. The van der Waals surface area contributed by atoms with Gasteiger partial charge in [0, 0.05) is 5.02 Å². The maximum atomic E-state index is 14.0. The zero-order valence-corrected chi connectivity index (χ0v) is 27.7. The van der Waals surface area contributed by atoms with Crippen LogP contribution in [0.5, 0.6) is 17.2 Å². The molecule has 1 aromatic heterocycles. The maximum absolute atomic E-state index is 14.0. The summed E-state index contributed by atoms with van der Waals surface area (Å²) in [5.74, 6) is 1.25. The fraction of sp³-hybridized carbons (Fsp3) is 0.242. The van der Waals surface area contributed by atoms with Gasteiger partial charge < -0.3 is 18.9 Å². The molecule has 44 heavy (non-hydrogen) atoms. The summed E-state index contributed by atoms with van der Waals surface area (Å²) < 4.78 is 25.4. The fourth-order valence-electron chi connectivity index (χ4n) is 4.85. The van der Waals surface area contributed by atoms with Crippen LogP contribution in [0.3, 0.4) is 0 Å². The van der Waals surface area contributed by atoms with E-state index in [0.717, 1.165) is 11.1 Å². The predicted molar refractivity (Wildman–Crippen MR) is 174 cm³/mol. The Kier molecular flexibility index (Phi) is 9.93. The molecule has 8 nitrogen and oxygen atoms in total. The van der Waals surface area contributed by atoms with Gasteiger partial charge in [0.1, 0.15) is 12.4 Å². The number of thiazole rings is 1. The summed E-state index contributed by atoms with van der Waals surface area (Å²) in [6, 6.07) is 17.7. The van der Waals surface area contributed by atoms with E-state index in [1.807, 2.05) is 61.5 Å². The quantitative estimate of drug-likeness (QED) is 0.184. The second-order valence-corrected chi connectivity index (χ2v) is 12.1. The number of carbonyl (C=O) groups excluding carboxylic acids is 1. The van der Waals surface area contributed by atoms with Crippen molar-refractivity contribution in [3.05, 3.63) is 118 Å². The second kappa shape index (κ2) is 13.8. The number of rotatable bonds is 10. The first-order valence-corrected chi connectivity index (χ1v) is 15.9. The Morgan fingerprint density at radius 2 is 1.77 bits per heavy atom. The summed E-state index contributed by atoms with van der Waals surface area (Å²) in [6.07, 6.45) is 1.79. The molecule has 0 unspecified atom stereocenters. The van der Waals surface area contributed by atoms with Gasteiger partial charge in [0.15, 0.2) is 16.3 Å². The van der Waals surface area contributed by atoms with Gasteiger partial charge >= 0.3 is 5.97 Å². The molecule has 0 radical (unpaired) electrons. The SMILES string of the molecule is CCOC(=O)C1=C(C)N=c2s/c(=C/c3ccc(OCc4ccc(Cl)cc4)c(OCC)c3)c(=O)n2[C@@H]1c1ccc(OC)c(Br)c1. The largest absolute Gasteiger partial charge is 0.496 e. The highest BCUT2D eigenvalue weighted by Gasteiger charge is 2.33. The molecule has 4 aromatic rings. The number of benzene rings is 3. The summed E-state index contributed by atoms with van der Waals surface area (Å²) in [4.78, 5) is 32.3. The van der Waals surface area contributed by atoms with E-state index in [0.29, 0.717) is 66.1 Å². The normalized spacial score (nSPS) is 14.6. The molecule has 0 spiro atoms. The standard InChI is InChI=1S/C33H30BrClN2O6S/c1-5-41-27-15-21(9-13-26(27)43-18-20-7-11-23(35)12-8-20)16-28-31(38)37-30(22-10-14-25(40-4)24(34)17-22)29(32(39)42-6-2)19(3)36-33(37)44-28/h7-17,30H,5-6,18H2,1-4H3/b28-16+/t30-/m1/s1. The molecule has 0 aliphatic carbocycles.